The van der Waals surface area contributed by atoms with Crippen molar-refractivity contribution in [3.05, 3.63) is 30.0 Å². The first-order valence-electron chi connectivity index (χ1n) is 9.38. The van der Waals surface area contributed by atoms with Crippen LogP contribution in [0.15, 0.2) is 24.4 Å². The third-order valence-electron chi connectivity index (χ3n) is 5.52. The van der Waals surface area contributed by atoms with Crippen LogP contribution in [0.25, 0.3) is 10.9 Å². The van der Waals surface area contributed by atoms with Crippen molar-refractivity contribution in [2.24, 2.45) is 5.41 Å². The third-order valence-corrected chi connectivity index (χ3v) is 7.55. The number of hydrogen-bond donors (Lipinski definition) is 3. The number of aliphatic hydroxyl groups excluding tert-OH is 1. The predicted octanol–water partition coefficient (Wildman–Crippen LogP) is 0.862. The molecule has 9 heteroatoms. The van der Waals surface area contributed by atoms with E-state index >= 15 is 0 Å². The first-order valence-corrected chi connectivity index (χ1v) is 11.3. The van der Waals surface area contributed by atoms with Gasteiger partial charge < -0.3 is 5.11 Å². The Morgan fingerprint density at radius 3 is 2.70 bits per heavy atom. The number of aryl methyl sites for hydroxylation is 1. The lowest BCUT2D eigenvalue weighted by molar-refractivity contribution is -0.131. The molecule has 0 spiro atoms. The molecule has 1 saturated carbocycles. The van der Waals surface area contributed by atoms with Crippen molar-refractivity contribution in [1.29, 1.82) is 0 Å². The van der Waals surface area contributed by atoms with E-state index in [0.29, 0.717) is 5.52 Å². The Morgan fingerprint density at radius 2 is 2.10 bits per heavy atom. The van der Waals surface area contributed by atoms with Gasteiger partial charge in [-0.1, -0.05) is 11.8 Å². The predicted molar refractivity (Wildman–Crippen MR) is 111 cm³/mol. The summed E-state index contributed by atoms with van der Waals surface area (Å²) in [6, 6.07) is 5.46. The monoisotopic (exact) mass is 429 g/mol. The SMILES string of the molecule is C[C@@](CCn1cc2cc(C#CC#CC3(CO)CC3)ccc2n1)(C(=O)NO)S(C)(=O)=O. The molecule has 8 nitrogen and oxygen atoms in total. The van der Waals surface area contributed by atoms with Gasteiger partial charge in [0, 0.05) is 29.9 Å². The largest absolute Gasteiger partial charge is 0.395 e. The second-order valence-electron chi connectivity index (χ2n) is 7.80. The molecule has 1 aromatic carbocycles. The molecule has 0 unspecified atom stereocenters. The number of nitrogens with one attached hydrogen (secondary N) is 1. The van der Waals surface area contributed by atoms with Crippen molar-refractivity contribution in [3.8, 4) is 23.7 Å². The molecule has 0 aliphatic heterocycles. The van der Waals surface area contributed by atoms with Crippen molar-refractivity contribution in [2.75, 3.05) is 12.9 Å². The van der Waals surface area contributed by atoms with Crippen LogP contribution in [0.5, 0.6) is 0 Å². The lowest BCUT2D eigenvalue weighted by Crippen LogP contribution is -2.49. The maximum absolute atomic E-state index is 12.1. The summed E-state index contributed by atoms with van der Waals surface area (Å²) in [7, 11) is -3.76. The van der Waals surface area contributed by atoms with Gasteiger partial charge in [0.15, 0.2) is 14.6 Å². The van der Waals surface area contributed by atoms with E-state index in [-0.39, 0.29) is 25.0 Å². The Labute approximate surface area is 175 Å². The van der Waals surface area contributed by atoms with Crippen LogP contribution in [0.4, 0.5) is 0 Å². The molecular formula is C21H23N3O5S. The molecule has 0 radical (unpaired) electrons. The van der Waals surface area contributed by atoms with Crippen LogP contribution in [-0.2, 0) is 21.2 Å². The van der Waals surface area contributed by atoms with Gasteiger partial charge in [-0.25, -0.2) is 13.9 Å². The number of hydroxylamine groups is 1. The van der Waals surface area contributed by atoms with E-state index in [9.17, 15) is 18.3 Å². The fourth-order valence-electron chi connectivity index (χ4n) is 2.92. The van der Waals surface area contributed by atoms with Crippen LogP contribution in [0.1, 0.15) is 31.7 Å². The number of carbonyl (C=O) groups is 1. The summed E-state index contributed by atoms with van der Waals surface area (Å²) >= 11 is 0. The Kier molecular flexibility index (Phi) is 5.91. The molecule has 3 rings (SSSR count). The molecule has 1 amide bonds. The van der Waals surface area contributed by atoms with Gasteiger partial charge in [0.2, 0.25) is 0 Å². The third kappa shape index (κ3) is 4.49. The summed E-state index contributed by atoms with van der Waals surface area (Å²) in [5.74, 6) is 10.6. The van der Waals surface area contributed by atoms with Gasteiger partial charge in [-0.2, -0.15) is 5.10 Å². The topological polar surface area (TPSA) is 122 Å². The molecule has 1 atom stereocenters. The second kappa shape index (κ2) is 8.11. The summed E-state index contributed by atoms with van der Waals surface area (Å²) in [6.45, 7) is 1.50. The Bertz CT molecular complexity index is 1210. The number of rotatable bonds is 6. The summed E-state index contributed by atoms with van der Waals surface area (Å²) in [5, 5.41) is 23.4. The smallest absolute Gasteiger partial charge is 0.264 e. The molecular weight excluding hydrogens is 406 g/mol. The van der Waals surface area contributed by atoms with Gasteiger partial charge >= 0.3 is 0 Å². The Hall–Kier alpha value is -2.85. The standard InChI is InChI=1S/C21H23N3O5S/c1-20(19(26)23-27,30(2,28)29)11-12-24-14-17-13-16(6-7-18(17)22-24)5-3-4-8-21(15-25)9-10-21/h6-7,13-14,25,27H,9-12,15H2,1-2H3,(H,23,26)/t20-/m1/s1. The van der Waals surface area contributed by atoms with Gasteiger partial charge in [0.1, 0.15) is 0 Å². The Balaban J connectivity index is 1.76. The van der Waals surface area contributed by atoms with Gasteiger partial charge in [-0.3, -0.25) is 14.7 Å². The normalized spacial score (nSPS) is 16.5. The van der Waals surface area contributed by atoms with E-state index in [1.165, 1.54) is 12.4 Å². The molecule has 30 heavy (non-hydrogen) atoms. The highest BCUT2D eigenvalue weighted by atomic mass is 32.2. The van der Waals surface area contributed by atoms with E-state index in [0.717, 1.165) is 30.0 Å². The van der Waals surface area contributed by atoms with Crippen molar-refractivity contribution < 1.29 is 23.5 Å². The number of amides is 1. The molecule has 0 saturated heterocycles. The van der Waals surface area contributed by atoms with Gasteiger partial charge in [-0.05, 0) is 56.2 Å². The van der Waals surface area contributed by atoms with Crippen LogP contribution in [0, 0.1) is 29.1 Å². The number of aromatic nitrogens is 2. The van der Waals surface area contributed by atoms with Crippen LogP contribution < -0.4 is 5.48 Å². The number of hydrogen-bond acceptors (Lipinski definition) is 6. The highest BCUT2D eigenvalue weighted by Crippen LogP contribution is 2.44. The maximum atomic E-state index is 12.1. The average molecular weight is 429 g/mol. The minimum Gasteiger partial charge on any atom is -0.395 e. The summed E-state index contributed by atoms with van der Waals surface area (Å²) in [4.78, 5) is 11.9. The molecule has 1 aliphatic rings. The van der Waals surface area contributed by atoms with E-state index in [1.54, 1.807) is 16.9 Å². The molecule has 1 aliphatic carbocycles. The fourth-order valence-corrected chi connectivity index (χ4v) is 3.77. The highest BCUT2D eigenvalue weighted by Gasteiger charge is 2.43. The second-order valence-corrected chi connectivity index (χ2v) is 10.2. The van der Waals surface area contributed by atoms with E-state index in [1.807, 2.05) is 12.1 Å². The van der Waals surface area contributed by atoms with Crippen LogP contribution >= 0.6 is 0 Å². The molecule has 1 fully saturated rings. The first-order chi connectivity index (χ1) is 14.1. The zero-order chi connectivity index (χ0) is 22.0. The van der Waals surface area contributed by atoms with Gasteiger partial charge in [-0.15, -0.1) is 0 Å². The number of aliphatic hydroxyl groups is 1. The lowest BCUT2D eigenvalue weighted by atomic mass is 10.1. The minimum atomic E-state index is -3.76. The summed E-state index contributed by atoms with van der Waals surface area (Å²) < 4.78 is 23.9. The van der Waals surface area contributed by atoms with E-state index in [4.69, 9.17) is 5.21 Å². The summed E-state index contributed by atoms with van der Waals surface area (Å²) in [5.41, 5.74) is 2.64. The number of sulfone groups is 1. The van der Waals surface area contributed by atoms with Crippen molar-refractivity contribution in [1.82, 2.24) is 15.3 Å². The highest BCUT2D eigenvalue weighted by molar-refractivity contribution is 7.92. The molecule has 1 aromatic heterocycles. The number of nitrogens with zero attached hydrogens (tertiary/aromatic N) is 2. The fraction of sp³-hybridized carbons (Fsp3) is 0.429. The number of benzene rings is 1. The number of fused-ring (bicyclic) bond motifs is 1. The van der Waals surface area contributed by atoms with Gasteiger partial charge in [0.25, 0.3) is 5.91 Å². The minimum absolute atomic E-state index is 0.0545. The quantitative estimate of drug-likeness (QED) is 0.356. The molecule has 1 heterocycles. The molecule has 3 N–H and O–H groups in total. The maximum Gasteiger partial charge on any atom is 0.264 e. The van der Waals surface area contributed by atoms with Crippen molar-refractivity contribution in [2.45, 2.75) is 37.5 Å². The summed E-state index contributed by atoms with van der Waals surface area (Å²) in [6.07, 6.45) is 4.46. The van der Waals surface area contributed by atoms with E-state index in [2.05, 4.69) is 28.8 Å². The number of carbonyl (C=O) groups excluding carboxylic acids is 1. The van der Waals surface area contributed by atoms with Crippen LogP contribution in [0.2, 0.25) is 0 Å². The van der Waals surface area contributed by atoms with Gasteiger partial charge in [0.05, 0.1) is 17.5 Å². The first kappa shape index (κ1) is 21.8. The van der Waals surface area contributed by atoms with Crippen LogP contribution in [0.3, 0.4) is 0 Å². The van der Waals surface area contributed by atoms with Crippen LogP contribution in [-0.4, -0.2) is 52.0 Å². The molecule has 158 valence electrons. The molecule has 2 aromatic rings. The molecule has 0 bridgehead atoms. The van der Waals surface area contributed by atoms with Crippen molar-refractivity contribution >= 4 is 26.6 Å². The van der Waals surface area contributed by atoms with Crippen molar-refractivity contribution in [3.63, 3.8) is 0 Å². The zero-order valence-electron chi connectivity index (χ0n) is 16.8. The lowest BCUT2D eigenvalue weighted by Gasteiger charge is -2.24. The van der Waals surface area contributed by atoms with E-state index < -0.39 is 20.5 Å². The zero-order valence-corrected chi connectivity index (χ0v) is 17.6. The Morgan fingerprint density at radius 1 is 1.37 bits per heavy atom. The average Bonchev–Trinajstić information content (AvgIpc) is 3.38.